The number of hydrogen-bond donors (Lipinski definition) is 2. The molecule has 1 aromatic carbocycles. The summed E-state index contributed by atoms with van der Waals surface area (Å²) in [5, 5.41) is 6.31. The van der Waals surface area contributed by atoms with Crippen molar-refractivity contribution in [3.8, 4) is 0 Å². The third kappa shape index (κ3) is 3.13. The van der Waals surface area contributed by atoms with Crippen LogP contribution in [0.15, 0.2) is 24.3 Å². The molecule has 0 spiro atoms. The fourth-order valence-corrected chi connectivity index (χ4v) is 2.35. The molecule has 2 rings (SSSR count). The lowest BCUT2D eigenvalue weighted by molar-refractivity contribution is -0.120. The minimum absolute atomic E-state index is 0.0380. The maximum atomic E-state index is 11.4. The van der Waals surface area contributed by atoms with Gasteiger partial charge in [-0.1, -0.05) is 18.2 Å². The molecule has 0 aliphatic carbocycles. The Bertz CT molecular complexity index is 395. The van der Waals surface area contributed by atoms with Crippen LogP contribution in [-0.4, -0.2) is 24.9 Å². The Kier molecular flexibility index (Phi) is 4.26. The van der Waals surface area contributed by atoms with Gasteiger partial charge in [0, 0.05) is 37.0 Å². The highest BCUT2D eigenvalue weighted by Crippen LogP contribution is 2.30. The number of alkyl halides is 1. The molecule has 0 radical (unpaired) electrons. The molecular formula is C13H17ClN2O. The topological polar surface area (TPSA) is 41.1 Å². The molecule has 1 unspecified atom stereocenters. The summed E-state index contributed by atoms with van der Waals surface area (Å²) < 4.78 is 0. The molecule has 4 heteroatoms. The molecule has 1 aromatic rings. The second-order valence-corrected chi connectivity index (χ2v) is 4.62. The quantitative estimate of drug-likeness (QED) is 0.808. The number of rotatable bonds is 4. The molecule has 1 aliphatic heterocycles. The van der Waals surface area contributed by atoms with Crippen molar-refractivity contribution >= 4 is 23.2 Å². The predicted octanol–water partition coefficient (Wildman–Crippen LogP) is 2.33. The summed E-state index contributed by atoms with van der Waals surface area (Å²) >= 11 is 5.53. The third-order valence-corrected chi connectivity index (χ3v) is 3.27. The fourth-order valence-electron chi connectivity index (χ4n) is 2.17. The van der Waals surface area contributed by atoms with E-state index in [1.54, 1.807) is 0 Å². The van der Waals surface area contributed by atoms with E-state index in [1.165, 1.54) is 11.3 Å². The van der Waals surface area contributed by atoms with Gasteiger partial charge in [-0.25, -0.2) is 0 Å². The van der Waals surface area contributed by atoms with Crippen LogP contribution >= 0.6 is 11.6 Å². The SMILES string of the molecule is O=C(CCCl)NCC1CCNc2ccccc21. The van der Waals surface area contributed by atoms with Crippen LogP contribution in [0, 0.1) is 0 Å². The lowest BCUT2D eigenvalue weighted by atomic mass is 9.91. The zero-order chi connectivity index (χ0) is 12.1. The van der Waals surface area contributed by atoms with Gasteiger partial charge in [0.15, 0.2) is 0 Å². The Labute approximate surface area is 107 Å². The number of halogens is 1. The lowest BCUT2D eigenvalue weighted by Crippen LogP contribution is -2.31. The third-order valence-electron chi connectivity index (χ3n) is 3.08. The van der Waals surface area contributed by atoms with E-state index in [2.05, 4.69) is 22.8 Å². The Morgan fingerprint density at radius 2 is 2.29 bits per heavy atom. The highest BCUT2D eigenvalue weighted by Gasteiger charge is 2.19. The molecule has 0 fully saturated rings. The number of para-hydroxylation sites is 1. The number of anilines is 1. The van der Waals surface area contributed by atoms with Gasteiger partial charge in [0.05, 0.1) is 0 Å². The van der Waals surface area contributed by atoms with E-state index in [9.17, 15) is 4.79 Å². The standard InChI is InChI=1S/C13H17ClN2O/c14-7-5-13(17)16-9-10-6-8-15-12-4-2-1-3-11(10)12/h1-4,10,15H,5-9H2,(H,16,17). The zero-order valence-corrected chi connectivity index (χ0v) is 10.5. The molecule has 0 saturated carbocycles. The van der Waals surface area contributed by atoms with Crippen LogP contribution in [0.2, 0.25) is 0 Å². The molecule has 1 amide bonds. The van der Waals surface area contributed by atoms with Gasteiger partial charge in [0.25, 0.3) is 0 Å². The van der Waals surface area contributed by atoms with Gasteiger partial charge in [-0.05, 0) is 18.1 Å². The molecular weight excluding hydrogens is 236 g/mol. The summed E-state index contributed by atoms with van der Waals surface area (Å²) in [6, 6.07) is 8.28. The van der Waals surface area contributed by atoms with Crippen molar-refractivity contribution in [2.75, 3.05) is 24.3 Å². The average molecular weight is 253 g/mol. The van der Waals surface area contributed by atoms with Gasteiger partial charge in [0.2, 0.25) is 5.91 Å². The van der Waals surface area contributed by atoms with Crippen molar-refractivity contribution in [3.05, 3.63) is 29.8 Å². The largest absolute Gasteiger partial charge is 0.385 e. The molecule has 17 heavy (non-hydrogen) atoms. The summed E-state index contributed by atoms with van der Waals surface area (Å²) in [7, 11) is 0. The van der Waals surface area contributed by atoms with Crippen molar-refractivity contribution in [1.82, 2.24) is 5.32 Å². The van der Waals surface area contributed by atoms with Crippen molar-refractivity contribution in [2.24, 2.45) is 0 Å². The molecule has 1 heterocycles. The van der Waals surface area contributed by atoms with E-state index >= 15 is 0 Å². The zero-order valence-electron chi connectivity index (χ0n) is 9.71. The highest BCUT2D eigenvalue weighted by molar-refractivity contribution is 6.18. The summed E-state index contributed by atoms with van der Waals surface area (Å²) in [6.07, 6.45) is 1.45. The van der Waals surface area contributed by atoms with Gasteiger partial charge in [-0.2, -0.15) is 0 Å². The Balaban J connectivity index is 1.97. The molecule has 3 nitrogen and oxygen atoms in total. The Morgan fingerprint density at radius 3 is 3.12 bits per heavy atom. The van der Waals surface area contributed by atoms with E-state index in [1.807, 2.05) is 12.1 Å². The first-order chi connectivity index (χ1) is 8.31. The Hall–Kier alpha value is -1.22. The normalized spacial score (nSPS) is 18.1. The number of carbonyl (C=O) groups is 1. The van der Waals surface area contributed by atoms with Crippen LogP contribution in [0.1, 0.15) is 24.3 Å². The van der Waals surface area contributed by atoms with Gasteiger partial charge >= 0.3 is 0 Å². The van der Waals surface area contributed by atoms with Crippen molar-refractivity contribution in [3.63, 3.8) is 0 Å². The molecule has 0 bridgehead atoms. The molecule has 1 atom stereocenters. The molecule has 1 aliphatic rings. The summed E-state index contributed by atoms with van der Waals surface area (Å²) in [6.45, 7) is 1.67. The summed E-state index contributed by atoms with van der Waals surface area (Å²) in [5.41, 5.74) is 2.49. The van der Waals surface area contributed by atoms with E-state index in [-0.39, 0.29) is 5.91 Å². The molecule has 0 saturated heterocycles. The molecule has 0 aromatic heterocycles. The van der Waals surface area contributed by atoms with Gasteiger partial charge in [-0.3, -0.25) is 4.79 Å². The first kappa shape index (κ1) is 12.2. The van der Waals surface area contributed by atoms with E-state index < -0.39 is 0 Å². The first-order valence-corrected chi connectivity index (χ1v) is 6.50. The number of hydrogen-bond acceptors (Lipinski definition) is 2. The minimum Gasteiger partial charge on any atom is -0.385 e. The minimum atomic E-state index is 0.0380. The van der Waals surface area contributed by atoms with E-state index in [0.29, 0.717) is 24.8 Å². The van der Waals surface area contributed by atoms with E-state index in [4.69, 9.17) is 11.6 Å². The lowest BCUT2D eigenvalue weighted by Gasteiger charge is -2.26. The first-order valence-electron chi connectivity index (χ1n) is 5.96. The average Bonchev–Trinajstić information content (AvgIpc) is 2.36. The van der Waals surface area contributed by atoms with Gasteiger partial charge in [0.1, 0.15) is 0 Å². The highest BCUT2D eigenvalue weighted by atomic mass is 35.5. The van der Waals surface area contributed by atoms with Crippen LogP contribution in [0.4, 0.5) is 5.69 Å². The second-order valence-electron chi connectivity index (χ2n) is 4.24. The van der Waals surface area contributed by atoms with Gasteiger partial charge in [-0.15, -0.1) is 11.6 Å². The maximum absolute atomic E-state index is 11.4. The fraction of sp³-hybridized carbons (Fsp3) is 0.462. The molecule has 92 valence electrons. The van der Waals surface area contributed by atoms with Crippen LogP contribution in [0.5, 0.6) is 0 Å². The summed E-state index contributed by atoms with van der Waals surface area (Å²) in [4.78, 5) is 11.4. The Morgan fingerprint density at radius 1 is 1.47 bits per heavy atom. The summed E-state index contributed by atoms with van der Waals surface area (Å²) in [5.74, 6) is 0.831. The van der Waals surface area contributed by atoms with Crippen LogP contribution in [-0.2, 0) is 4.79 Å². The second kappa shape index (κ2) is 5.92. The maximum Gasteiger partial charge on any atom is 0.221 e. The smallest absolute Gasteiger partial charge is 0.221 e. The van der Waals surface area contributed by atoms with Crippen LogP contribution in [0.25, 0.3) is 0 Å². The number of benzene rings is 1. The van der Waals surface area contributed by atoms with Crippen LogP contribution < -0.4 is 10.6 Å². The van der Waals surface area contributed by atoms with Crippen molar-refractivity contribution in [1.29, 1.82) is 0 Å². The number of nitrogens with one attached hydrogen (secondary N) is 2. The monoisotopic (exact) mass is 252 g/mol. The number of fused-ring (bicyclic) bond motifs is 1. The number of amides is 1. The van der Waals surface area contributed by atoms with Crippen LogP contribution in [0.3, 0.4) is 0 Å². The van der Waals surface area contributed by atoms with E-state index in [0.717, 1.165) is 13.0 Å². The number of carbonyl (C=O) groups excluding carboxylic acids is 1. The predicted molar refractivity (Wildman–Crippen MR) is 70.6 cm³/mol. The molecule has 2 N–H and O–H groups in total. The van der Waals surface area contributed by atoms with Crippen molar-refractivity contribution in [2.45, 2.75) is 18.8 Å². The van der Waals surface area contributed by atoms with Crippen molar-refractivity contribution < 1.29 is 4.79 Å². The van der Waals surface area contributed by atoms with Gasteiger partial charge < -0.3 is 10.6 Å².